The van der Waals surface area contributed by atoms with E-state index in [4.69, 9.17) is 0 Å². The summed E-state index contributed by atoms with van der Waals surface area (Å²) >= 11 is 0. The van der Waals surface area contributed by atoms with Crippen LogP contribution in [0.4, 0.5) is 5.69 Å². The van der Waals surface area contributed by atoms with E-state index in [0.717, 1.165) is 25.9 Å². The minimum absolute atomic E-state index is 0.0881. The summed E-state index contributed by atoms with van der Waals surface area (Å²) in [5.41, 5.74) is 0.675. The van der Waals surface area contributed by atoms with Gasteiger partial charge in [-0.15, -0.1) is 0 Å². The molecule has 2 amide bonds. The number of nitrogens with one attached hydrogen (secondary N) is 1. The molecule has 1 aliphatic heterocycles. The molecule has 3 rings (SSSR count). The molecule has 0 radical (unpaired) electrons. The number of carbonyl (C=O) groups is 2. The van der Waals surface area contributed by atoms with Crippen molar-refractivity contribution in [3.63, 3.8) is 0 Å². The zero-order chi connectivity index (χ0) is 15.4. The molecule has 1 fully saturated rings. The molecule has 0 saturated carbocycles. The average molecular weight is 299 g/mol. The maximum atomic E-state index is 12.7. The Hall–Kier alpha value is -2.17. The Bertz CT molecular complexity index is 565. The predicted molar refractivity (Wildman–Crippen MR) is 84.0 cm³/mol. The monoisotopic (exact) mass is 299 g/mol. The highest BCUT2D eigenvalue weighted by Gasteiger charge is 2.36. The van der Waals surface area contributed by atoms with Gasteiger partial charge in [0.15, 0.2) is 0 Å². The van der Waals surface area contributed by atoms with Crippen LogP contribution in [0, 0.1) is 11.8 Å². The summed E-state index contributed by atoms with van der Waals surface area (Å²) in [4.78, 5) is 31.1. The number of aromatic nitrogens is 1. The van der Waals surface area contributed by atoms with Crippen LogP contribution in [-0.2, 0) is 9.59 Å². The van der Waals surface area contributed by atoms with E-state index in [1.807, 2.05) is 17.1 Å². The summed E-state index contributed by atoms with van der Waals surface area (Å²) in [7, 11) is 0. The number of carbonyl (C=O) groups excluding carboxylic acids is 2. The van der Waals surface area contributed by atoms with E-state index in [1.54, 1.807) is 24.5 Å². The molecule has 5 nitrogen and oxygen atoms in total. The fraction of sp³-hybridized carbons (Fsp3) is 0.471. The number of allylic oxidation sites excluding steroid dienone is 2. The second-order valence-corrected chi connectivity index (χ2v) is 5.92. The maximum Gasteiger partial charge on any atom is 0.228 e. The highest BCUT2D eigenvalue weighted by atomic mass is 16.2. The molecule has 116 valence electrons. The van der Waals surface area contributed by atoms with E-state index in [0.29, 0.717) is 18.5 Å². The average Bonchev–Trinajstić information content (AvgIpc) is 3.09. The predicted octanol–water partition coefficient (Wildman–Crippen LogP) is 2.22. The van der Waals surface area contributed by atoms with Gasteiger partial charge in [0.1, 0.15) is 0 Å². The SMILES string of the molecule is O=C(Nc1cccnc1)C1CC=CCC1C(=O)N1CCCC1. The Morgan fingerprint density at radius 3 is 2.55 bits per heavy atom. The van der Waals surface area contributed by atoms with Crippen molar-refractivity contribution >= 4 is 17.5 Å². The zero-order valence-electron chi connectivity index (χ0n) is 12.6. The van der Waals surface area contributed by atoms with Crippen LogP contribution in [0.1, 0.15) is 25.7 Å². The smallest absolute Gasteiger partial charge is 0.228 e. The molecule has 1 aliphatic carbocycles. The molecule has 2 aliphatic rings. The standard InChI is InChI=1S/C17H21N3O2/c21-16(19-13-6-5-9-18-12-13)14-7-1-2-8-15(14)17(22)20-10-3-4-11-20/h1-2,5-6,9,12,14-15H,3-4,7-8,10-11H2,(H,19,21). The third kappa shape index (κ3) is 3.18. The Balaban J connectivity index is 1.70. The molecule has 1 N–H and O–H groups in total. The van der Waals surface area contributed by atoms with Crippen LogP contribution < -0.4 is 5.32 Å². The topological polar surface area (TPSA) is 62.3 Å². The fourth-order valence-electron chi connectivity index (χ4n) is 3.22. The van der Waals surface area contributed by atoms with Gasteiger partial charge in [0.2, 0.25) is 11.8 Å². The first-order chi connectivity index (χ1) is 10.8. The lowest BCUT2D eigenvalue weighted by Crippen LogP contribution is -2.42. The van der Waals surface area contributed by atoms with Crippen molar-refractivity contribution in [2.24, 2.45) is 11.8 Å². The Morgan fingerprint density at radius 2 is 1.86 bits per heavy atom. The van der Waals surface area contributed by atoms with Crippen molar-refractivity contribution < 1.29 is 9.59 Å². The summed E-state index contributed by atoms with van der Waals surface area (Å²) in [5.74, 6) is -0.485. The van der Waals surface area contributed by atoms with E-state index < -0.39 is 0 Å². The first kappa shape index (κ1) is 14.8. The molecule has 22 heavy (non-hydrogen) atoms. The number of likely N-dealkylation sites (tertiary alicyclic amines) is 1. The van der Waals surface area contributed by atoms with Crippen molar-refractivity contribution in [2.45, 2.75) is 25.7 Å². The summed E-state index contributed by atoms with van der Waals surface area (Å²) in [6.07, 6.45) is 10.7. The lowest BCUT2D eigenvalue weighted by atomic mass is 9.81. The van der Waals surface area contributed by atoms with Gasteiger partial charge in [-0.3, -0.25) is 14.6 Å². The highest BCUT2D eigenvalue weighted by Crippen LogP contribution is 2.29. The van der Waals surface area contributed by atoms with Crippen LogP contribution in [0.2, 0.25) is 0 Å². The van der Waals surface area contributed by atoms with Gasteiger partial charge < -0.3 is 10.2 Å². The molecule has 0 bridgehead atoms. The van der Waals surface area contributed by atoms with Crippen molar-refractivity contribution in [1.82, 2.24) is 9.88 Å². The molecule has 2 heterocycles. The van der Waals surface area contributed by atoms with Gasteiger partial charge in [-0.1, -0.05) is 12.2 Å². The van der Waals surface area contributed by atoms with Gasteiger partial charge in [0.25, 0.3) is 0 Å². The van der Waals surface area contributed by atoms with Crippen LogP contribution >= 0.6 is 0 Å². The zero-order valence-corrected chi connectivity index (χ0v) is 12.6. The molecular formula is C17H21N3O2. The van der Waals surface area contributed by atoms with Gasteiger partial charge in [-0.2, -0.15) is 0 Å². The van der Waals surface area contributed by atoms with Crippen molar-refractivity contribution in [3.8, 4) is 0 Å². The van der Waals surface area contributed by atoms with E-state index in [-0.39, 0.29) is 23.7 Å². The fourth-order valence-corrected chi connectivity index (χ4v) is 3.22. The Morgan fingerprint density at radius 1 is 1.14 bits per heavy atom. The summed E-state index contributed by atoms with van der Waals surface area (Å²) in [5, 5.41) is 2.88. The lowest BCUT2D eigenvalue weighted by Gasteiger charge is -2.30. The number of rotatable bonds is 3. The normalized spacial score (nSPS) is 24.3. The molecule has 1 aromatic heterocycles. The van der Waals surface area contributed by atoms with E-state index >= 15 is 0 Å². The van der Waals surface area contributed by atoms with Gasteiger partial charge in [0.05, 0.1) is 23.7 Å². The second-order valence-electron chi connectivity index (χ2n) is 5.92. The van der Waals surface area contributed by atoms with E-state index in [2.05, 4.69) is 10.3 Å². The van der Waals surface area contributed by atoms with E-state index in [1.165, 1.54) is 0 Å². The van der Waals surface area contributed by atoms with Crippen LogP contribution in [0.25, 0.3) is 0 Å². The summed E-state index contributed by atoms with van der Waals surface area (Å²) in [6, 6.07) is 3.59. The number of nitrogens with zero attached hydrogens (tertiary/aromatic N) is 2. The quantitative estimate of drug-likeness (QED) is 0.871. The number of hydrogen-bond acceptors (Lipinski definition) is 3. The molecule has 2 unspecified atom stereocenters. The third-order valence-electron chi connectivity index (χ3n) is 4.43. The summed E-state index contributed by atoms with van der Waals surface area (Å²) < 4.78 is 0. The van der Waals surface area contributed by atoms with Crippen LogP contribution in [-0.4, -0.2) is 34.8 Å². The molecule has 1 saturated heterocycles. The molecule has 5 heteroatoms. The molecule has 1 aromatic rings. The van der Waals surface area contributed by atoms with Crippen LogP contribution in [0.5, 0.6) is 0 Å². The minimum atomic E-state index is -0.293. The Kier molecular flexibility index (Phi) is 4.51. The second kappa shape index (κ2) is 6.73. The van der Waals surface area contributed by atoms with Gasteiger partial charge in [-0.05, 0) is 37.8 Å². The largest absolute Gasteiger partial charge is 0.342 e. The van der Waals surface area contributed by atoms with Crippen molar-refractivity contribution in [2.75, 3.05) is 18.4 Å². The number of pyridine rings is 1. The third-order valence-corrected chi connectivity index (χ3v) is 4.43. The molecule has 0 aromatic carbocycles. The minimum Gasteiger partial charge on any atom is -0.342 e. The van der Waals surface area contributed by atoms with E-state index in [9.17, 15) is 9.59 Å². The number of anilines is 1. The molecule has 0 spiro atoms. The van der Waals surface area contributed by atoms with Crippen molar-refractivity contribution in [3.05, 3.63) is 36.7 Å². The summed E-state index contributed by atoms with van der Waals surface area (Å²) in [6.45, 7) is 1.66. The van der Waals surface area contributed by atoms with Crippen LogP contribution in [0.3, 0.4) is 0 Å². The Labute approximate surface area is 130 Å². The van der Waals surface area contributed by atoms with Gasteiger partial charge in [-0.25, -0.2) is 0 Å². The maximum absolute atomic E-state index is 12.7. The first-order valence-electron chi connectivity index (χ1n) is 7.90. The molecule has 2 atom stereocenters. The van der Waals surface area contributed by atoms with Gasteiger partial charge >= 0.3 is 0 Å². The molecular weight excluding hydrogens is 278 g/mol. The van der Waals surface area contributed by atoms with Crippen LogP contribution in [0.15, 0.2) is 36.7 Å². The number of amides is 2. The first-order valence-corrected chi connectivity index (χ1v) is 7.90. The van der Waals surface area contributed by atoms with Gasteiger partial charge in [0, 0.05) is 19.3 Å². The highest BCUT2D eigenvalue weighted by molar-refractivity contribution is 5.96. The lowest BCUT2D eigenvalue weighted by molar-refractivity contribution is -0.139. The van der Waals surface area contributed by atoms with Crippen molar-refractivity contribution in [1.29, 1.82) is 0 Å². The number of hydrogen-bond donors (Lipinski definition) is 1.